The van der Waals surface area contributed by atoms with Gasteiger partial charge in [-0.25, -0.2) is 14.8 Å². The molecule has 3 heterocycles. The second-order valence-electron chi connectivity index (χ2n) is 5.39. The number of hydrogen-bond acceptors (Lipinski definition) is 9. The molecule has 3 atom stereocenters. The molecule has 134 valence electrons. The van der Waals surface area contributed by atoms with E-state index < -0.39 is 36.0 Å². The fourth-order valence-electron chi connectivity index (χ4n) is 2.67. The van der Waals surface area contributed by atoms with Crippen molar-refractivity contribution in [3.05, 3.63) is 11.1 Å². The van der Waals surface area contributed by atoms with Gasteiger partial charge in [-0.1, -0.05) is 5.16 Å². The van der Waals surface area contributed by atoms with Gasteiger partial charge < -0.3 is 21.0 Å². The van der Waals surface area contributed by atoms with Crippen molar-refractivity contribution < 1.29 is 29.2 Å². The molecule has 2 amide bonds. The Morgan fingerprint density at radius 2 is 2.32 bits per heavy atom. The lowest BCUT2D eigenvalue weighted by Crippen LogP contribution is -2.73. The number of thiazole rings is 1. The van der Waals surface area contributed by atoms with Crippen molar-refractivity contribution in [3.63, 3.8) is 0 Å². The van der Waals surface area contributed by atoms with E-state index in [1.165, 1.54) is 7.11 Å². The zero-order valence-corrected chi connectivity index (χ0v) is 13.9. The highest BCUT2D eigenvalue weighted by Gasteiger charge is 2.53. The van der Waals surface area contributed by atoms with Crippen molar-refractivity contribution in [2.75, 3.05) is 12.8 Å². The third-order valence-electron chi connectivity index (χ3n) is 3.86. The number of β-lactam (4-membered cyclic amide) rings is 1. The highest BCUT2D eigenvalue weighted by atomic mass is 32.1. The minimum absolute atomic E-state index is 0.109. The number of carbonyl (C=O) groups excluding carboxylic acids is 2. The Hall–Kier alpha value is -2.73. The van der Waals surface area contributed by atoms with Crippen molar-refractivity contribution in [1.82, 2.24) is 15.4 Å². The number of nitrogens with one attached hydrogen (secondary N) is 1. The van der Waals surface area contributed by atoms with Gasteiger partial charge in [0.1, 0.15) is 18.8 Å². The zero-order valence-electron chi connectivity index (χ0n) is 13.0. The highest BCUT2D eigenvalue weighted by Crippen LogP contribution is 2.31. The first kappa shape index (κ1) is 17.1. The summed E-state index contributed by atoms with van der Waals surface area (Å²) in [6.45, 7) is 0. The number of nitrogens with zero attached hydrogens (tertiary/aromatic N) is 3. The van der Waals surface area contributed by atoms with Gasteiger partial charge >= 0.3 is 5.97 Å². The first-order valence-electron chi connectivity index (χ1n) is 7.28. The summed E-state index contributed by atoms with van der Waals surface area (Å²) in [5, 5.41) is 18.0. The molecule has 25 heavy (non-hydrogen) atoms. The Morgan fingerprint density at radius 1 is 1.56 bits per heavy atom. The number of rotatable bonds is 5. The SMILES string of the molecule is CO/N=C(\C(=O)N[C@@H]1C(=O)N2O[C@H](C(=O)O)CC[C@H]12)c1csc(N)n1. The largest absolute Gasteiger partial charge is 0.479 e. The van der Waals surface area contributed by atoms with Crippen LogP contribution in [0.2, 0.25) is 0 Å². The summed E-state index contributed by atoms with van der Waals surface area (Å²) in [6.07, 6.45) is -0.410. The summed E-state index contributed by atoms with van der Waals surface area (Å²) < 4.78 is 0. The van der Waals surface area contributed by atoms with Crippen molar-refractivity contribution in [1.29, 1.82) is 0 Å². The van der Waals surface area contributed by atoms with E-state index in [4.69, 9.17) is 15.7 Å². The molecule has 2 saturated heterocycles. The topological polar surface area (TPSA) is 156 Å². The number of oxime groups is 1. The lowest BCUT2D eigenvalue weighted by atomic mass is 9.90. The number of anilines is 1. The van der Waals surface area contributed by atoms with Crippen molar-refractivity contribution in [3.8, 4) is 0 Å². The molecule has 0 saturated carbocycles. The molecule has 2 aliphatic heterocycles. The average molecular weight is 369 g/mol. The van der Waals surface area contributed by atoms with Crippen LogP contribution in [0.4, 0.5) is 5.13 Å². The zero-order chi connectivity index (χ0) is 18.1. The Labute approximate surface area is 145 Å². The van der Waals surface area contributed by atoms with Crippen LogP contribution in [0.5, 0.6) is 0 Å². The molecule has 11 nitrogen and oxygen atoms in total. The molecule has 0 spiro atoms. The molecule has 12 heteroatoms. The number of carboxylic acid groups (broad SMARTS) is 1. The lowest BCUT2D eigenvalue weighted by Gasteiger charge is -2.49. The van der Waals surface area contributed by atoms with Crippen LogP contribution in [0.1, 0.15) is 18.5 Å². The van der Waals surface area contributed by atoms with Gasteiger partial charge in [-0.2, -0.15) is 0 Å². The van der Waals surface area contributed by atoms with Gasteiger partial charge in [0.25, 0.3) is 11.8 Å². The van der Waals surface area contributed by atoms with E-state index in [1.807, 2.05) is 0 Å². The maximum absolute atomic E-state index is 12.4. The summed E-state index contributed by atoms with van der Waals surface area (Å²) in [5.74, 6) is -2.29. The molecule has 3 rings (SSSR count). The summed E-state index contributed by atoms with van der Waals surface area (Å²) in [4.78, 5) is 49.2. The Bertz CT molecular complexity index is 749. The van der Waals surface area contributed by atoms with E-state index in [2.05, 4.69) is 20.3 Å². The fraction of sp³-hybridized carbons (Fsp3) is 0.462. The minimum atomic E-state index is -1.13. The fourth-order valence-corrected chi connectivity index (χ4v) is 3.22. The molecular formula is C13H15N5O6S. The van der Waals surface area contributed by atoms with Crippen LogP contribution in [0.3, 0.4) is 0 Å². The van der Waals surface area contributed by atoms with Gasteiger partial charge in [0.05, 0.1) is 6.04 Å². The standard InChI is InChI=1S/C13H15N5O6S/c1-23-17-8(5-4-25-13(14)15-5)10(19)16-9-6-2-3-7(12(21)22)24-18(6)11(9)20/h4,6-7,9H,2-3H2,1H3,(H2,14,15)(H,16,19)(H,21,22)/b17-8-/t6-,7+,9+/m1/s1. The van der Waals surface area contributed by atoms with Gasteiger partial charge in [-0.05, 0) is 12.8 Å². The van der Waals surface area contributed by atoms with Crippen molar-refractivity contribution in [2.24, 2.45) is 5.16 Å². The van der Waals surface area contributed by atoms with Gasteiger partial charge in [0, 0.05) is 5.38 Å². The van der Waals surface area contributed by atoms with Crippen LogP contribution in [-0.2, 0) is 24.1 Å². The van der Waals surface area contributed by atoms with E-state index in [9.17, 15) is 14.4 Å². The Morgan fingerprint density at radius 3 is 2.92 bits per heavy atom. The molecule has 1 aromatic heterocycles. The maximum Gasteiger partial charge on any atom is 0.335 e. The summed E-state index contributed by atoms with van der Waals surface area (Å²) in [6, 6.07) is -1.24. The quantitative estimate of drug-likeness (QED) is 0.337. The molecule has 2 fully saturated rings. The number of carbonyl (C=O) groups is 3. The number of carboxylic acids is 1. The van der Waals surface area contributed by atoms with E-state index in [1.54, 1.807) is 5.38 Å². The van der Waals surface area contributed by atoms with E-state index >= 15 is 0 Å². The Balaban J connectivity index is 1.68. The second kappa shape index (κ2) is 6.64. The maximum atomic E-state index is 12.4. The predicted molar refractivity (Wildman–Crippen MR) is 84.4 cm³/mol. The molecule has 0 radical (unpaired) electrons. The number of aliphatic carboxylic acids is 1. The van der Waals surface area contributed by atoms with E-state index in [0.29, 0.717) is 6.42 Å². The van der Waals surface area contributed by atoms with Crippen LogP contribution in [0.25, 0.3) is 0 Å². The van der Waals surface area contributed by atoms with Gasteiger partial charge in [0.2, 0.25) is 0 Å². The molecule has 1 aromatic rings. The third kappa shape index (κ3) is 3.13. The summed E-state index contributed by atoms with van der Waals surface area (Å²) in [7, 11) is 1.28. The van der Waals surface area contributed by atoms with E-state index in [0.717, 1.165) is 16.4 Å². The normalized spacial score (nSPS) is 25.8. The average Bonchev–Trinajstić information content (AvgIpc) is 3.02. The number of fused-ring (bicyclic) bond motifs is 1. The monoisotopic (exact) mass is 369 g/mol. The van der Waals surface area contributed by atoms with Crippen molar-refractivity contribution >= 4 is 40.0 Å². The molecule has 0 aromatic carbocycles. The molecule has 2 aliphatic rings. The van der Waals surface area contributed by atoms with E-state index in [-0.39, 0.29) is 23.0 Å². The van der Waals surface area contributed by atoms with Crippen LogP contribution < -0.4 is 11.1 Å². The number of nitrogen functional groups attached to an aromatic ring is 1. The van der Waals surface area contributed by atoms with Gasteiger partial charge in [-0.3, -0.25) is 14.4 Å². The van der Waals surface area contributed by atoms with Crippen LogP contribution in [0.15, 0.2) is 10.5 Å². The number of hydrogen-bond donors (Lipinski definition) is 3. The number of aromatic nitrogens is 1. The first-order valence-corrected chi connectivity index (χ1v) is 8.16. The lowest BCUT2D eigenvalue weighted by molar-refractivity contribution is -0.273. The smallest absolute Gasteiger partial charge is 0.335 e. The van der Waals surface area contributed by atoms with Crippen molar-refractivity contribution in [2.45, 2.75) is 31.0 Å². The molecule has 0 unspecified atom stereocenters. The number of hydroxylamine groups is 2. The van der Waals surface area contributed by atoms with Gasteiger partial charge in [0.15, 0.2) is 16.9 Å². The highest BCUT2D eigenvalue weighted by molar-refractivity contribution is 7.13. The Kier molecular flexibility index (Phi) is 4.55. The predicted octanol–water partition coefficient (Wildman–Crippen LogP) is -1.05. The van der Waals surface area contributed by atoms with Crippen LogP contribution in [-0.4, -0.2) is 63.9 Å². The van der Waals surface area contributed by atoms with Crippen LogP contribution in [0, 0.1) is 0 Å². The molecule has 4 N–H and O–H groups in total. The summed E-state index contributed by atoms with van der Waals surface area (Å²) in [5.41, 5.74) is 5.68. The summed E-state index contributed by atoms with van der Waals surface area (Å²) >= 11 is 1.14. The number of nitrogens with two attached hydrogens (primary N) is 1. The van der Waals surface area contributed by atoms with Crippen LogP contribution >= 0.6 is 11.3 Å². The number of amides is 2. The molecular weight excluding hydrogens is 354 g/mol. The second-order valence-corrected chi connectivity index (χ2v) is 6.28. The van der Waals surface area contributed by atoms with Gasteiger partial charge in [-0.15, -0.1) is 11.3 Å². The molecule has 0 bridgehead atoms. The molecule has 0 aliphatic carbocycles. The minimum Gasteiger partial charge on any atom is -0.479 e. The first-order chi connectivity index (χ1) is 11.9. The third-order valence-corrected chi connectivity index (χ3v) is 4.53.